The number of aryl methyl sites for hydroxylation is 1. The molecule has 0 unspecified atom stereocenters. The number of carbonyl (C=O) groups excluding carboxylic acids is 1. The monoisotopic (exact) mass is 493 g/mol. The highest BCUT2D eigenvalue weighted by atomic mass is 32.2. The van der Waals surface area contributed by atoms with Crippen molar-refractivity contribution in [2.24, 2.45) is 5.92 Å². The number of carbonyl (C=O) groups is 1. The predicted molar refractivity (Wildman–Crippen MR) is 123 cm³/mol. The Hall–Kier alpha value is -2.41. The van der Waals surface area contributed by atoms with Gasteiger partial charge in [-0.1, -0.05) is 12.1 Å². The molecule has 2 aromatic rings. The van der Waals surface area contributed by atoms with Gasteiger partial charge >= 0.3 is 0 Å². The zero-order chi connectivity index (χ0) is 23.6. The van der Waals surface area contributed by atoms with Crippen LogP contribution >= 0.6 is 11.3 Å². The van der Waals surface area contributed by atoms with Crippen LogP contribution in [0.25, 0.3) is 0 Å². The Morgan fingerprint density at radius 1 is 1.15 bits per heavy atom. The fourth-order valence-electron chi connectivity index (χ4n) is 4.42. The number of nitro groups is 1. The van der Waals surface area contributed by atoms with Crippen LogP contribution in [0, 0.1) is 23.0 Å². The minimum absolute atomic E-state index is 0.0585. The second kappa shape index (κ2) is 9.84. The van der Waals surface area contributed by atoms with E-state index in [1.165, 1.54) is 28.6 Å². The Morgan fingerprint density at radius 2 is 1.82 bits per heavy atom. The van der Waals surface area contributed by atoms with Gasteiger partial charge in [0, 0.05) is 50.1 Å². The SMILES string of the molecule is Cc1nc(CN2CCC(C(=O)N3CCN(S(=O)(=O)c4ccccc4[N+](=O)[O-])CC3)CC2)cs1. The Kier molecular flexibility index (Phi) is 7.07. The fraction of sp³-hybridized carbons (Fsp3) is 0.524. The number of likely N-dealkylation sites (tertiary alicyclic amines) is 1. The summed E-state index contributed by atoms with van der Waals surface area (Å²) in [6.45, 7) is 5.29. The molecular formula is C21H27N5O5S2. The molecule has 3 heterocycles. The van der Waals surface area contributed by atoms with Gasteiger partial charge in [0.2, 0.25) is 15.9 Å². The molecule has 2 aliphatic rings. The number of aromatic nitrogens is 1. The van der Waals surface area contributed by atoms with E-state index in [-0.39, 0.29) is 42.9 Å². The van der Waals surface area contributed by atoms with Crippen LogP contribution in [-0.2, 0) is 21.4 Å². The van der Waals surface area contributed by atoms with Crippen LogP contribution in [0.2, 0.25) is 0 Å². The molecule has 0 aliphatic carbocycles. The molecule has 1 amide bonds. The quantitative estimate of drug-likeness (QED) is 0.447. The number of nitrogens with zero attached hydrogens (tertiary/aromatic N) is 5. The van der Waals surface area contributed by atoms with Crippen LogP contribution in [0.5, 0.6) is 0 Å². The van der Waals surface area contributed by atoms with Crippen molar-refractivity contribution in [1.82, 2.24) is 19.1 Å². The number of benzene rings is 1. The van der Waals surface area contributed by atoms with Gasteiger partial charge in [-0.05, 0) is 38.9 Å². The molecule has 0 bridgehead atoms. The summed E-state index contributed by atoms with van der Waals surface area (Å²) in [6.07, 6.45) is 1.55. The lowest BCUT2D eigenvalue weighted by Crippen LogP contribution is -2.52. The summed E-state index contributed by atoms with van der Waals surface area (Å²) in [6, 6.07) is 5.36. The normalized spacial score (nSPS) is 19.0. The molecule has 12 heteroatoms. The van der Waals surface area contributed by atoms with Gasteiger partial charge in [-0.3, -0.25) is 19.8 Å². The van der Waals surface area contributed by atoms with E-state index in [2.05, 4.69) is 15.3 Å². The van der Waals surface area contributed by atoms with E-state index in [0.717, 1.165) is 43.2 Å². The molecule has 2 fully saturated rings. The lowest BCUT2D eigenvalue weighted by molar-refractivity contribution is -0.387. The average Bonchev–Trinajstić information content (AvgIpc) is 3.23. The first-order valence-electron chi connectivity index (χ1n) is 10.9. The van der Waals surface area contributed by atoms with E-state index in [4.69, 9.17) is 0 Å². The number of hydrogen-bond acceptors (Lipinski definition) is 8. The van der Waals surface area contributed by atoms with Crippen LogP contribution in [0.1, 0.15) is 23.5 Å². The van der Waals surface area contributed by atoms with Gasteiger partial charge < -0.3 is 4.90 Å². The van der Waals surface area contributed by atoms with E-state index in [1.807, 2.05) is 6.92 Å². The Morgan fingerprint density at radius 3 is 2.42 bits per heavy atom. The number of rotatable bonds is 6. The van der Waals surface area contributed by atoms with E-state index in [0.29, 0.717) is 0 Å². The van der Waals surface area contributed by atoms with Crippen molar-refractivity contribution < 1.29 is 18.1 Å². The number of piperidine rings is 1. The van der Waals surface area contributed by atoms with Crippen LogP contribution in [0.4, 0.5) is 5.69 Å². The smallest absolute Gasteiger partial charge is 0.289 e. The fourth-order valence-corrected chi connectivity index (χ4v) is 6.60. The Bertz CT molecular complexity index is 1120. The molecule has 4 rings (SSSR count). The summed E-state index contributed by atoms with van der Waals surface area (Å²) in [7, 11) is -4.01. The van der Waals surface area contributed by atoms with E-state index in [1.54, 1.807) is 16.2 Å². The average molecular weight is 494 g/mol. The maximum absolute atomic E-state index is 13.0. The first kappa shape index (κ1) is 23.7. The highest BCUT2D eigenvalue weighted by Gasteiger charge is 2.36. The first-order chi connectivity index (χ1) is 15.8. The zero-order valence-electron chi connectivity index (χ0n) is 18.4. The molecule has 1 aromatic heterocycles. The van der Waals surface area contributed by atoms with Gasteiger partial charge in [0.25, 0.3) is 5.69 Å². The van der Waals surface area contributed by atoms with Crippen LogP contribution in [0.15, 0.2) is 34.5 Å². The second-order valence-electron chi connectivity index (χ2n) is 8.36. The molecular weight excluding hydrogens is 466 g/mol. The van der Waals surface area contributed by atoms with E-state index < -0.39 is 20.6 Å². The largest absolute Gasteiger partial charge is 0.340 e. The van der Waals surface area contributed by atoms with Gasteiger partial charge in [-0.2, -0.15) is 4.31 Å². The maximum Gasteiger partial charge on any atom is 0.289 e. The molecule has 0 saturated carbocycles. The van der Waals surface area contributed by atoms with Gasteiger partial charge in [0.05, 0.1) is 15.6 Å². The van der Waals surface area contributed by atoms with Gasteiger partial charge in [-0.15, -0.1) is 11.3 Å². The summed E-state index contributed by atoms with van der Waals surface area (Å²) >= 11 is 1.64. The molecule has 2 aliphatic heterocycles. The van der Waals surface area contributed by atoms with Crippen molar-refractivity contribution in [2.75, 3.05) is 39.3 Å². The van der Waals surface area contributed by atoms with Crippen molar-refractivity contribution in [2.45, 2.75) is 31.2 Å². The third-order valence-electron chi connectivity index (χ3n) is 6.22. The third-order valence-corrected chi connectivity index (χ3v) is 8.99. The minimum Gasteiger partial charge on any atom is -0.340 e. The van der Waals surface area contributed by atoms with Crippen molar-refractivity contribution >= 4 is 33.0 Å². The standard InChI is InChI=1S/C21H27N5O5S2/c1-16-22-18(15-32-16)14-23-8-6-17(7-9-23)21(27)24-10-12-25(13-11-24)33(30,31)20-5-3-2-4-19(20)26(28)29/h2-5,15,17H,6-14H2,1H3. The molecule has 0 N–H and O–H groups in total. The number of sulfonamides is 1. The van der Waals surface area contributed by atoms with Gasteiger partial charge in [0.1, 0.15) is 0 Å². The van der Waals surface area contributed by atoms with Crippen molar-refractivity contribution in [3.8, 4) is 0 Å². The van der Waals surface area contributed by atoms with E-state index >= 15 is 0 Å². The summed E-state index contributed by atoms with van der Waals surface area (Å²) < 4.78 is 27.2. The highest BCUT2D eigenvalue weighted by Crippen LogP contribution is 2.28. The molecule has 178 valence electrons. The molecule has 0 radical (unpaired) electrons. The predicted octanol–water partition coefficient (Wildman–Crippen LogP) is 2.10. The Balaban J connectivity index is 1.31. The lowest BCUT2D eigenvalue weighted by atomic mass is 9.95. The molecule has 0 atom stereocenters. The number of nitro benzene ring substituents is 1. The van der Waals surface area contributed by atoms with Crippen molar-refractivity contribution in [1.29, 1.82) is 0 Å². The van der Waals surface area contributed by atoms with Gasteiger partial charge in [-0.25, -0.2) is 13.4 Å². The Labute approximate surface area is 197 Å². The lowest BCUT2D eigenvalue weighted by Gasteiger charge is -2.38. The highest BCUT2D eigenvalue weighted by molar-refractivity contribution is 7.89. The topological polar surface area (TPSA) is 117 Å². The summed E-state index contributed by atoms with van der Waals surface area (Å²) in [4.78, 5) is 31.8. The summed E-state index contributed by atoms with van der Waals surface area (Å²) in [5.41, 5.74) is 0.633. The van der Waals surface area contributed by atoms with E-state index in [9.17, 15) is 23.3 Å². The van der Waals surface area contributed by atoms with Gasteiger partial charge in [0.15, 0.2) is 4.90 Å². The zero-order valence-corrected chi connectivity index (χ0v) is 20.1. The number of amides is 1. The van der Waals surface area contributed by atoms with Crippen LogP contribution in [-0.4, -0.2) is 77.6 Å². The van der Waals surface area contributed by atoms with Crippen molar-refractivity contribution in [3.05, 3.63) is 50.5 Å². The number of para-hydroxylation sites is 1. The third kappa shape index (κ3) is 5.24. The summed E-state index contributed by atoms with van der Waals surface area (Å²) in [5, 5.41) is 14.4. The molecule has 33 heavy (non-hydrogen) atoms. The first-order valence-corrected chi connectivity index (χ1v) is 13.2. The molecule has 1 aromatic carbocycles. The number of hydrogen-bond donors (Lipinski definition) is 0. The van der Waals surface area contributed by atoms with Crippen LogP contribution < -0.4 is 0 Å². The summed E-state index contributed by atoms with van der Waals surface area (Å²) in [5.74, 6) is 0.0127. The maximum atomic E-state index is 13.0. The number of piperazine rings is 1. The van der Waals surface area contributed by atoms with Crippen molar-refractivity contribution in [3.63, 3.8) is 0 Å². The minimum atomic E-state index is -4.01. The molecule has 0 spiro atoms. The second-order valence-corrected chi connectivity index (χ2v) is 11.3. The number of thiazole rings is 1. The van der Waals surface area contributed by atoms with Crippen LogP contribution in [0.3, 0.4) is 0 Å². The molecule has 10 nitrogen and oxygen atoms in total. The molecule has 2 saturated heterocycles.